The molecule has 3 atom stereocenters. The summed E-state index contributed by atoms with van der Waals surface area (Å²) in [5.74, 6) is 0.00130. The molecule has 1 aliphatic carbocycles. The Bertz CT molecular complexity index is 1050. The fraction of sp³-hybridized carbons (Fsp3) is 0.591. The quantitative estimate of drug-likeness (QED) is 0.859. The van der Waals surface area contributed by atoms with Gasteiger partial charge in [-0.15, -0.1) is 0 Å². The van der Waals surface area contributed by atoms with Crippen molar-refractivity contribution >= 4 is 22.6 Å². The van der Waals surface area contributed by atoms with E-state index in [4.69, 9.17) is 4.98 Å². The molecule has 156 valence electrons. The summed E-state index contributed by atoms with van der Waals surface area (Å²) in [6, 6.07) is 3.99. The third-order valence-corrected chi connectivity index (χ3v) is 5.99. The van der Waals surface area contributed by atoms with Crippen LogP contribution in [0.4, 0.5) is 0 Å². The third kappa shape index (κ3) is 3.41. The van der Waals surface area contributed by atoms with Gasteiger partial charge in [0.05, 0.1) is 17.3 Å². The number of aryl methyl sites for hydroxylation is 1. The maximum Gasteiger partial charge on any atom is 0.330 e. The number of hydrogen-bond donors (Lipinski definition) is 1. The molecule has 0 radical (unpaired) electrons. The second kappa shape index (κ2) is 6.83. The van der Waals surface area contributed by atoms with Crippen molar-refractivity contribution in [1.29, 1.82) is 0 Å². The third-order valence-electron chi connectivity index (χ3n) is 5.99. The van der Waals surface area contributed by atoms with Crippen LogP contribution >= 0.6 is 0 Å². The highest BCUT2D eigenvalue weighted by atomic mass is 16.3. The number of fused-ring (bicyclic) bond motifs is 3. The summed E-state index contributed by atoms with van der Waals surface area (Å²) < 4.78 is 3.42. The largest absolute Gasteiger partial charge is 0.384 e. The molecule has 2 bridgehead atoms. The van der Waals surface area contributed by atoms with Crippen LogP contribution in [0.1, 0.15) is 46.2 Å². The number of aliphatic hydroxyl groups is 1. The maximum atomic E-state index is 12.8. The highest BCUT2D eigenvalue weighted by Crippen LogP contribution is 2.40. The number of pyridine rings is 1. The van der Waals surface area contributed by atoms with E-state index in [1.54, 1.807) is 21.1 Å². The van der Waals surface area contributed by atoms with Crippen LogP contribution in [0.3, 0.4) is 0 Å². The maximum absolute atomic E-state index is 12.8. The smallest absolute Gasteiger partial charge is 0.330 e. The van der Waals surface area contributed by atoms with Gasteiger partial charge in [-0.25, -0.2) is 9.78 Å². The zero-order valence-electron chi connectivity index (χ0n) is 17.8. The Morgan fingerprint density at radius 3 is 2.62 bits per heavy atom. The molecule has 3 aliphatic rings. The molecule has 7 nitrogen and oxygen atoms in total. The summed E-state index contributed by atoms with van der Waals surface area (Å²) in [4.78, 5) is 31.7. The molecule has 1 saturated heterocycles. The lowest BCUT2D eigenvalue weighted by molar-refractivity contribution is -0.142. The molecule has 5 rings (SSSR count). The van der Waals surface area contributed by atoms with Crippen molar-refractivity contribution in [1.82, 2.24) is 19.0 Å². The second-order valence-corrected chi connectivity index (χ2v) is 9.66. The van der Waals surface area contributed by atoms with Gasteiger partial charge in [0.15, 0.2) is 5.65 Å². The highest BCUT2D eigenvalue weighted by molar-refractivity contribution is 5.83. The number of amides is 1. The fourth-order valence-electron chi connectivity index (χ4n) is 4.61. The van der Waals surface area contributed by atoms with Gasteiger partial charge in [-0.05, 0) is 42.9 Å². The molecule has 1 fully saturated rings. The van der Waals surface area contributed by atoms with Crippen molar-refractivity contribution in [3.05, 3.63) is 34.4 Å². The zero-order chi connectivity index (χ0) is 21.1. The van der Waals surface area contributed by atoms with Crippen molar-refractivity contribution < 1.29 is 9.90 Å². The fourth-order valence-corrected chi connectivity index (χ4v) is 4.61. The Morgan fingerprint density at radius 1 is 1.31 bits per heavy atom. The van der Waals surface area contributed by atoms with Crippen molar-refractivity contribution in [3.63, 3.8) is 0 Å². The Morgan fingerprint density at radius 2 is 2.03 bits per heavy atom. The number of hydrogen-bond acceptors (Lipinski definition) is 4. The first kappa shape index (κ1) is 19.9. The first-order valence-corrected chi connectivity index (χ1v) is 10.3. The number of imidazole rings is 1. The van der Waals surface area contributed by atoms with E-state index < -0.39 is 6.10 Å². The standard InChI is InChI=1S/C22H30N4O3/c1-13(27)20(28)25-11-14-6-7-15(25)10-16(14)17-8-9-18-19(23-17)24(5)21(29)26(18)12-22(2,3)4/h8-10,13-15,27H,6-7,11-12H2,1-5H3/t13-,14?,15?/m1/s1. The SMILES string of the molecule is C[C@@H](O)C(=O)N1CC2CCC1C=C2c1ccc2c(n1)n(C)c(=O)n2CC(C)(C)C. The van der Waals surface area contributed by atoms with E-state index in [1.165, 1.54) is 6.92 Å². The minimum Gasteiger partial charge on any atom is -0.384 e. The number of piperidine rings is 1. The van der Waals surface area contributed by atoms with Crippen molar-refractivity contribution in [2.45, 2.75) is 59.2 Å². The van der Waals surface area contributed by atoms with Gasteiger partial charge in [-0.2, -0.15) is 0 Å². The zero-order valence-corrected chi connectivity index (χ0v) is 17.8. The predicted molar refractivity (Wildman–Crippen MR) is 112 cm³/mol. The molecule has 0 spiro atoms. The number of carbonyl (C=O) groups is 1. The van der Waals surface area contributed by atoms with E-state index in [1.807, 2.05) is 12.1 Å². The summed E-state index contributed by atoms with van der Waals surface area (Å²) in [6.07, 6.45) is 3.06. The summed E-state index contributed by atoms with van der Waals surface area (Å²) in [5.41, 5.74) is 3.50. The van der Waals surface area contributed by atoms with Crippen LogP contribution in [0, 0.1) is 11.3 Å². The molecule has 0 saturated carbocycles. The predicted octanol–water partition coefficient (Wildman–Crippen LogP) is 2.17. The van der Waals surface area contributed by atoms with Crippen LogP contribution in [-0.4, -0.2) is 48.7 Å². The molecule has 1 N–H and O–H groups in total. The lowest BCUT2D eigenvalue weighted by Crippen LogP contribution is -2.52. The van der Waals surface area contributed by atoms with Gasteiger partial charge in [0.25, 0.3) is 5.91 Å². The van der Waals surface area contributed by atoms with Crippen LogP contribution in [0.25, 0.3) is 16.7 Å². The summed E-state index contributed by atoms with van der Waals surface area (Å²) in [7, 11) is 1.77. The molecule has 29 heavy (non-hydrogen) atoms. The molecular weight excluding hydrogens is 368 g/mol. The molecule has 2 aliphatic heterocycles. The monoisotopic (exact) mass is 398 g/mol. The average Bonchev–Trinajstić information content (AvgIpc) is 2.90. The van der Waals surface area contributed by atoms with E-state index in [0.717, 1.165) is 29.6 Å². The molecule has 1 amide bonds. The Kier molecular flexibility index (Phi) is 4.69. The molecule has 2 unspecified atom stereocenters. The Labute approximate surface area is 170 Å². The van der Waals surface area contributed by atoms with Gasteiger partial charge >= 0.3 is 5.69 Å². The molecule has 4 heterocycles. The van der Waals surface area contributed by atoms with Crippen molar-refractivity contribution in [2.75, 3.05) is 6.54 Å². The van der Waals surface area contributed by atoms with E-state index >= 15 is 0 Å². The number of aliphatic hydroxyl groups excluding tert-OH is 1. The topological polar surface area (TPSA) is 80.4 Å². The van der Waals surface area contributed by atoms with Crippen LogP contribution in [0.2, 0.25) is 0 Å². The Balaban J connectivity index is 1.73. The van der Waals surface area contributed by atoms with Crippen molar-refractivity contribution in [2.24, 2.45) is 18.4 Å². The number of carbonyl (C=O) groups excluding carboxylic acids is 1. The van der Waals surface area contributed by atoms with Crippen LogP contribution in [0.5, 0.6) is 0 Å². The van der Waals surface area contributed by atoms with Gasteiger partial charge < -0.3 is 10.0 Å². The van der Waals surface area contributed by atoms with Gasteiger partial charge in [-0.3, -0.25) is 13.9 Å². The summed E-state index contributed by atoms with van der Waals surface area (Å²) in [6.45, 7) is 9.11. The van der Waals surface area contributed by atoms with Gasteiger partial charge in [0.2, 0.25) is 0 Å². The van der Waals surface area contributed by atoms with E-state index in [-0.39, 0.29) is 29.0 Å². The lowest BCUT2D eigenvalue weighted by atomic mass is 9.78. The van der Waals surface area contributed by atoms with E-state index in [2.05, 4.69) is 26.8 Å². The molecule has 0 aromatic carbocycles. The van der Waals surface area contributed by atoms with Crippen LogP contribution < -0.4 is 5.69 Å². The minimum absolute atomic E-state index is 0.00362. The molecular formula is C22H30N4O3. The average molecular weight is 399 g/mol. The lowest BCUT2D eigenvalue weighted by Gasteiger charge is -2.44. The number of rotatable bonds is 3. The van der Waals surface area contributed by atoms with E-state index in [9.17, 15) is 14.7 Å². The van der Waals surface area contributed by atoms with Gasteiger partial charge in [-0.1, -0.05) is 26.8 Å². The van der Waals surface area contributed by atoms with Crippen molar-refractivity contribution in [3.8, 4) is 0 Å². The Hall–Kier alpha value is -2.41. The second-order valence-electron chi connectivity index (χ2n) is 9.66. The van der Waals surface area contributed by atoms with E-state index in [0.29, 0.717) is 18.7 Å². The minimum atomic E-state index is -0.974. The number of aromatic nitrogens is 3. The van der Waals surface area contributed by atoms with Gasteiger partial charge in [0, 0.05) is 26.1 Å². The summed E-state index contributed by atoms with van der Waals surface area (Å²) >= 11 is 0. The summed E-state index contributed by atoms with van der Waals surface area (Å²) in [5, 5.41) is 9.68. The highest BCUT2D eigenvalue weighted by Gasteiger charge is 2.39. The molecule has 7 heteroatoms. The normalized spacial score (nSPS) is 22.8. The first-order valence-electron chi connectivity index (χ1n) is 10.3. The molecule has 2 aromatic heterocycles. The van der Waals surface area contributed by atoms with Gasteiger partial charge in [0.1, 0.15) is 6.10 Å². The molecule has 2 aromatic rings. The van der Waals surface area contributed by atoms with Crippen LogP contribution in [-0.2, 0) is 18.4 Å². The number of nitrogens with zero attached hydrogens (tertiary/aromatic N) is 4. The van der Waals surface area contributed by atoms with Crippen LogP contribution in [0.15, 0.2) is 23.0 Å². The first-order chi connectivity index (χ1) is 13.6.